The number of nitrogens with zero attached hydrogens (tertiary/aromatic N) is 4. The summed E-state index contributed by atoms with van der Waals surface area (Å²) >= 11 is 0. The largest absolute Gasteiger partial charge is 0.379 e. The fraction of sp³-hybridized carbons (Fsp3) is 0.389. The minimum atomic E-state index is 0.499. The predicted octanol–water partition coefficient (Wildman–Crippen LogP) is 2.34. The van der Waals surface area contributed by atoms with E-state index < -0.39 is 0 Å². The van der Waals surface area contributed by atoms with Crippen LogP contribution in [0, 0.1) is 6.92 Å². The number of fused-ring (bicyclic) bond motifs is 1. The van der Waals surface area contributed by atoms with Crippen molar-refractivity contribution in [2.75, 3.05) is 44.7 Å². The van der Waals surface area contributed by atoms with Crippen molar-refractivity contribution >= 4 is 16.9 Å². The second kappa shape index (κ2) is 7.16. The fourth-order valence-electron chi connectivity index (χ4n) is 2.99. The highest BCUT2D eigenvalue weighted by atomic mass is 16.5. The van der Waals surface area contributed by atoms with Crippen LogP contribution in [0.15, 0.2) is 35.1 Å². The van der Waals surface area contributed by atoms with Crippen LogP contribution in [0.3, 0.4) is 0 Å². The molecule has 3 heterocycles. The zero-order valence-electron chi connectivity index (χ0n) is 14.2. The maximum Gasteiger partial charge on any atom is 0.263 e. The van der Waals surface area contributed by atoms with Crippen LogP contribution in [0.4, 0.5) is 5.82 Å². The van der Waals surface area contributed by atoms with Crippen molar-refractivity contribution in [3.05, 3.63) is 36.2 Å². The number of benzene rings is 1. The van der Waals surface area contributed by atoms with E-state index >= 15 is 0 Å². The number of anilines is 1. The molecule has 130 valence electrons. The van der Waals surface area contributed by atoms with Gasteiger partial charge in [0.2, 0.25) is 0 Å². The normalized spacial score (nSPS) is 15.6. The van der Waals surface area contributed by atoms with Crippen LogP contribution in [0.1, 0.15) is 5.56 Å². The molecule has 0 aliphatic carbocycles. The molecule has 7 heteroatoms. The summed E-state index contributed by atoms with van der Waals surface area (Å²) in [7, 11) is 0. The number of nitrogens with one attached hydrogen (secondary N) is 1. The van der Waals surface area contributed by atoms with Crippen LogP contribution in [-0.4, -0.2) is 59.4 Å². The fourth-order valence-corrected chi connectivity index (χ4v) is 2.99. The van der Waals surface area contributed by atoms with E-state index in [0.717, 1.165) is 61.9 Å². The number of aromatic nitrogens is 3. The van der Waals surface area contributed by atoms with Gasteiger partial charge < -0.3 is 14.6 Å². The first-order valence-electron chi connectivity index (χ1n) is 8.52. The highest BCUT2D eigenvalue weighted by molar-refractivity contribution is 5.97. The van der Waals surface area contributed by atoms with Gasteiger partial charge >= 0.3 is 0 Å². The Bertz CT molecular complexity index is 840. The van der Waals surface area contributed by atoms with Crippen LogP contribution in [0.2, 0.25) is 0 Å². The van der Waals surface area contributed by atoms with Gasteiger partial charge in [0.15, 0.2) is 0 Å². The zero-order valence-corrected chi connectivity index (χ0v) is 14.2. The molecule has 25 heavy (non-hydrogen) atoms. The van der Waals surface area contributed by atoms with Crippen LogP contribution >= 0.6 is 0 Å². The highest BCUT2D eigenvalue weighted by Gasteiger charge is 2.17. The first kappa shape index (κ1) is 16.0. The van der Waals surface area contributed by atoms with E-state index in [0.29, 0.717) is 5.71 Å². The lowest BCUT2D eigenvalue weighted by atomic mass is 10.1. The molecular formula is C18H21N5O2. The molecule has 7 nitrogen and oxygen atoms in total. The molecule has 0 amide bonds. The van der Waals surface area contributed by atoms with Gasteiger partial charge in [0, 0.05) is 31.7 Å². The lowest BCUT2D eigenvalue weighted by Gasteiger charge is -2.26. The summed E-state index contributed by atoms with van der Waals surface area (Å²) in [4.78, 5) is 11.0. The topological polar surface area (TPSA) is 76.3 Å². The Balaban J connectivity index is 1.56. The van der Waals surface area contributed by atoms with Gasteiger partial charge in [-0.15, -0.1) is 0 Å². The Hall–Kier alpha value is -2.51. The lowest BCUT2D eigenvalue weighted by molar-refractivity contribution is 0.0398. The van der Waals surface area contributed by atoms with Crippen LogP contribution < -0.4 is 5.32 Å². The van der Waals surface area contributed by atoms with Crippen molar-refractivity contribution in [2.45, 2.75) is 6.92 Å². The molecule has 0 spiro atoms. The van der Waals surface area contributed by atoms with Gasteiger partial charge in [-0.25, -0.2) is 4.98 Å². The van der Waals surface area contributed by atoms with Gasteiger partial charge in [0.1, 0.15) is 23.2 Å². The Morgan fingerprint density at radius 1 is 1.12 bits per heavy atom. The Labute approximate surface area is 146 Å². The van der Waals surface area contributed by atoms with Crippen LogP contribution in [-0.2, 0) is 4.74 Å². The molecule has 1 aliphatic heterocycles. The number of ether oxygens (including phenoxy) is 1. The molecule has 0 saturated carbocycles. The van der Waals surface area contributed by atoms with E-state index in [1.807, 2.05) is 12.1 Å². The smallest absolute Gasteiger partial charge is 0.263 e. The van der Waals surface area contributed by atoms with E-state index in [2.05, 4.69) is 44.4 Å². The molecular weight excluding hydrogens is 318 g/mol. The number of hydrogen-bond donors (Lipinski definition) is 1. The summed E-state index contributed by atoms with van der Waals surface area (Å²) in [6.07, 6.45) is 1.50. The molecule has 1 saturated heterocycles. The average molecular weight is 339 g/mol. The van der Waals surface area contributed by atoms with Gasteiger partial charge in [0.05, 0.1) is 13.2 Å². The Kier molecular flexibility index (Phi) is 4.58. The molecule has 0 bridgehead atoms. The molecule has 0 atom stereocenters. The summed E-state index contributed by atoms with van der Waals surface area (Å²) in [6, 6.07) is 8.20. The first-order valence-corrected chi connectivity index (χ1v) is 8.52. The van der Waals surface area contributed by atoms with E-state index in [-0.39, 0.29) is 0 Å². The maximum absolute atomic E-state index is 5.40. The molecule has 3 aromatic rings. The highest BCUT2D eigenvalue weighted by Crippen LogP contribution is 2.31. The van der Waals surface area contributed by atoms with Crippen molar-refractivity contribution in [2.24, 2.45) is 0 Å². The lowest BCUT2D eigenvalue weighted by Crippen LogP contribution is -2.39. The molecule has 1 N–H and O–H groups in total. The molecule has 1 fully saturated rings. The first-order chi connectivity index (χ1) is 12.3. The summed E-state index contributed by atoms with van der Waals surface area (Å²) in [6.45, 7) is 7.37. The summed E-state index contributed by atoms with van der Waals surface area (Å²) in [5.41, 5.74) is 3.47. The summed E-state index contributed by atoms with van der Waals surface area (Å²) in [5.74, 6) is 0.759. The molecule has 4 rings (SSSR count). The minimum absolute atomic E-state index is 0.499. The second-order valence-electron chi connectivity index (χ2n) is 6.18. The number of rotatable bonds is 5. The zero-order chi connectivity index (χ0) is 17.1. The van der Waals surface area contributed by atoms with Gasteiger partial charge in [-0.1, -0.05) is 35.0 Å². The molecule has 2 aromatic heterocycles. The van der Waals surface area contributed by atoms with E-state index in [4.69, 9.17) is 9.26 Å². The SMILES string of the molecule is Cc1ccc(-c2noc3ncnc(NCCN4CCOCC4)c23)cc1. The minimum Gasteiger partial charge on any atom is -0.379 e. The quantitative estimate of drug-likeness (QED) is 0.764. The third-order valence-electron chi connectivity index (χ3n) is 4.42. The number of aryl methyl sites for hydroxylation is 1. The average Bonchev–Trinajstić information content (AvgIpc) is 3.08. The third kappa shape index (κ3) is 3.47. The van der Waals surface area contributed by atoms with Crippen LogP contribution in [0.25, 0.3) is 22.4 Å². The molecule has 1 aromatic carbocycles. The van der Waals surface area contributed by atoms with Crippen molar-refractivity contribution < 1.29 is 9.26 Å². The monoisotopic (exact) mass is 339 g/mol. The second-order valence-corrected chi connectivity index (χ2v) is 6.18. The number of hydrogen-bond acceptors (Lipinski definition) is 7. The van der Waals surface area contributed by atoms with Crippen molar-refractivity contribution in [1.29, 1.82) is 0 Å². The summed E-state index contributed by atoms with van der Waals surface area (Å²) in [5, 5.41) is 8.45. The molecule has 1 aliphatic rings. The maximum atomic E-state index is 5.40. The Morgan fingerprint density at radius 2 is 1.92 bits per heavy atom. The van der Waals surface area contributed by atoms with Gasteiger partial charge in [-0.05, 0) is 6.92 Å². The van der Waals surface area contributed by atoms with Gasteiger partial charge in [-0.2, -0.15) is 4.98 Å². The van der Waals surface area contributed by atoms with Crippen LogP contribution in [0.5, 0.6) is 0 Å². The van der Waals surface area contributed by atoms with Gasteiger partial charge in [-0.3, -0.25) is 4.90 Å². The van der Waals surface area contributed by atoms with E-state index in [1.165, 1.54) is 11.9 Å². The number of morpholine rings is 1. The van der Waals surface area contributed by atoms with Crippen molar-refractivity contribution in [1.82, 2.24) is 20.0 Å². The van der Waals surface area contributed by atoms with E-state index in [9.17, 15) is 0 Å². The summed E-state index contributed by atoms with van der Waals surface area (Å²) < 4.78 is 10.8. The van der Waals surface area contributed by atoms with Gasteiger partial charge in [0.25, 0.3) is 5.71 Å². The third-order valence-corrected chi connectivity index (χ3v) is 4.42. The predicted molar refractivity (Wildman–Crippen MR) is 95.5 cm³/mol. The molecule has 0 radical (unpaired) electrons. The standard InChI is InChI=1S/C18H21N5O2/c1-13-2-4-14(5-3-13)16-15-17(20-12-21-18(15)25-22-16)19-6-7-23-8-10-24-11-9-23/h2-5,12H,6-11H2,1H3,(H,19,20,21). The molecule has 0 unspecified atom stereocenters. The van der Waals surface area contributed by atoms with Crippen molar-refractivity contribution in [3.8, 4) is 11.3 Å². The van der Waals surface area contributed by atoms with Crippen molar-refractivity contribution in [3.63, 3.8) is 0 Å². The Morgan fingerprint density at radius 3 is 2.72 bits per heavy atom. The van der Waals surface area contributed by atoms with E-state index in [1.54, 1.807) is 0 Å².